The number of carboxylic acids is 2. The summed E-state index contributed by atoms with van der Waals surface area (Å²) in [5, 5.41) is 47.6. The zero-order valence-corrected chi connectivity index (χ0v) is 21.9. The van der Waals surface area contributed by atoms with Crippen LogP contribution in [0.1, 0.15) is 11.3 Å². The molecule has 2 aliphatic heterocycles. The minimum absolute atomic E-state index is 0.0241. The van der Waals surface area contributed by atoms with Crippen molar-refractivity contribution in [3.63, 3.8) is 0 Å². The molecule has 4 rings (SSSR count). The molecule has 19 heteroatoms. The molecule has 212 valence electrons. The quantitative estimate of drug-likeness (QED) is 0.141. The highest BCUT2D eigenvalue weighted by Gasteiger charge is 2.54. The van der Waals surface area contributed by atoms with Crippen molar-refractivity contribution in [3.05, 3.63) is 77.9 Å². The van der Waals surface area contributed by atoms with E-state index in [1.54, 1.807) is 0 Å². The molecule has 41 heavy (non-hydrogen) atoms. The molecule has 2 atom stereocenters. The van der Waals surface area contributed by atoms with Crippen LogP contribution in [0.5, 0.6) is 0 Å². The van der Waals surface area contributed by atoms with Gasteiger partial charge in [-0.25, -0.2) is 14.6 Å². The number of carbonyl (C=O) groups is 4. The van der Waals surface area contributed by atoms with Gasteiger partial charge in [0.25, 0.3) is 23.2 Å². The number of nitrogens with zero attached hydrogens (tertiary/aromatic N) is 5. The van der Waals surface area contributed by atoms with Crippen LogP contribution in [-0.2, 0) is 24.0 Å². The number of aliphatic carboxylic acids is 2. The molecule has 0 radical (unpaired) electrons. The Bertz CT molecular complexity index is 1550. The van der Waals surface area contributed by atoms with Gasteiger partial charge in [0.1, 0.15) is 22.8 Å². The lowest BCUT2D eigenvalue weighted by Crippen LogP contribution is -2.71. The minimum atomic E-state index is -1.46. The Kier molecular flexibility index (Phi) is 8.38. The van der Waals surface area contributed by atoms with Crippen molar-refractivity contribution in [2.75, 3.05) is 12.4 Å². The first-order chi connectivity index (χ1) is 19.5. The van der Waals surface area contributed by atoms with Crippen molar-refractivity contribution in [2.45, 2.75) is 11.4 Å². The second kappa shape index (κ2) is 11.9. The maximum atomic E-state index is 13.0. The molecule has 0 aliphatic carbocycles. The number of oxime groups is 1. The van der Waals surface area contributed by atoms with Gasteiger partial charge in [0.05, 0.1) is 27.0 Å². The van der Waals surface area contributed by atoms with Gasteiger partial charge >= 0.3 is 11.9 Å². The third kappa shape index (κ3) is 6.04. The van der Waals surface area contributed by atoms with Crippen molar-refractivity contribution in [2.24, 2.45) is 5.16 Å². The molecule has 0 spiro atoms. The maximum absolute atomic E-state index is 13.0. The Morgan fingerprint density at radius 1 is 1.22 bits per heavy atom. The van der Waals surface area contributed by atoms with Gasteiger partial charge in [0, 0.05) is 17.2 Å². The smallest absolute Gasteiger partial charge is 0.352 e. The Morgan fingerprint density at radius 2 is 1.98 bits per heavy atom. The largest absolute Gasteiger partial charge is 0.479 e. The molecule has 1 fully saturated rings. The van der Waals surface area contributed by atoms with Crippen LogP contribution in [0.4, 0.5) is 11.4 Å². The number of hydrogen-bond acceptors (Lipinski definition) is 13. The molecule has 0 saturated carbocycles. The first kappa shape index (κ1) is 28.8. The number of hydrogen-bond donors (Lipinski definition) is 3. The SMILES string of the molecule is O=C(O)CON=C(C(=O)NC1C(=O)N2C(C(=O)O)=C(C=Cc3ccc([N+](=O)[O-])cc3[N+](=O)[O-])CS[C@@H]12)c1cscn1. The van der Waals surface area contributed by atoms with E-state index in [4.69, 9.17) is 5.11 Å². The molecule has 3 heterocycles. The molecule has 1 saturated heterocycles. The molecule has 1 unspecified atom stereocenters. The zero-order valence-electron chi connectivity index (χ0n) is 20.2. The lowest BCUT2D eigenvalue weighted by atomic mass is 10.0. The normalized spacial score (nSPS) is 18.5. The molecule has 1 aromatic carbocycles. The summed E-state index contributed by atoms with van der Waals surface area (Å²) in [6.45, 7) is -0.832. The summed E-state index contributed by atoms with van der Waals surface area (Å²) in [7, 11) is 0. The minimum Gasteiger partial charge on any atom is -0.479 e. The summed E-state index contributed by atoms with van der Waals surface area (Å²) in [6.07, 6.45) is 2.49. The average Bonchev–Trinajstić information content (AvgIpc) is 3.46. The topological polar surface area (TPSA) is 245 Å². The first-order valence-corrected chi connectivity index (χ1v) is 13.1. The molecule has 2 aliphatic rings. The van der Waals surface area contributed by atoms with Crippen LogP contribution >= 0.6 is 23.1 Å². The van der Waals surface area contributed by atoms with Gasteiger partial charge in [-0.2, -0.15) is 0 Å². The molecule has 2 amide bonds. The van der Waals surface area contributed by atoms with Gasteiger partial charge in [0.2, 0.25) is 6.61 Å². The van der Waals surface area contributed by atoms with Gasteiger partial charge in [0.15, 0.2) is 5.71 Å². The summed E-state index contributed by atoms with van der Waals surface area (Å²) in [5.74, 6) is -4.43. The van der Waals surface area contributed by atoms with E-state index in [9.17, 15) is 44.5 Å². The summed E-state index contributed by atoms with van der Waals surface area (Å²) in [5.41, 5.74) is -0.275. The number of thioether (sulfide) groups is 1. The second-order valence-electron chi connectivity index (χ2n) is 8.11. The van der Waals surface area contributed by atoms with Crippen molar-refractivity contribution < 1.29 is 44.1 Å². The number of non-ortho nitro benzene ring substituents is 1. The van der Waals surface area contributed by atoms with Crippen molar-refractivity contribution in [1.82, 2.24) is 15.2 Å². The number of nitro benzene ring substituents is 2. The highest BCUT2D eigenvalue weighted by atomic mass is 32.2. The molecule has 0 bridgehead atoms. The van der Waals surface area contributed by atoms with Gasteiger partial charge in [-0.05, 0) is 17.7 Å². The van der Waals surface area contributed by atoms with Crippen LogP contribution in [0.2, 0.25) is 0 Å². The standard InChI is InChI=1S/C22H16N6O11S2/c29-15(30)6-39-25-16(13-8-40-9-23-13)19(31)24-17-20(32)26-18(22(33)34)11(7-41-21(17)26)2-1-10-3-4-12(27(35)36)5-14(10)28(37)38/h1-5,8-9,17,21H,6-7H2,(H,24,31)(H,29,30)(H,33,34)/t17?,21-/m0/s1. The van der Waals surface area contributed by atoms with Crippen LogP contribution in [0.25, 0.3) is 6.08 Å². The number of amides is 2. The predicted molar refractivity (Wildman–Crippen MR) is 141 cm³/mol. The van der Waals surface area contributed by atoms with Gasteiger partial charge in [-0.15, -0.1) is 23.1 Å². The zero-order chi connectivity index (χ0) is 29.8. The molecular formula is C22H16N6O11S2. The number of fused-ring (bicyclic) bond motifs is 1. The fourth-order valence-electron chi connectivity index (χ4n) is 3.80. The summed E-state index contributed by atoms with van der Waals surface area (Å²) in [6, 6.07) is 1.83. The number of rotatable bonds is 11. The Hall–Kier alpha value is -5.17. The maximum Gasteiger partial charge on any atom is 0.352 e. The number of nitrogens with one attached hydrogen (secondary N) is 1. The van der Waals surface area contributed by atoms with E-state index in [0.29, 0.717) is 0 Å². The molecule has 17 nitrogen and oxygen atoms in total. The van der Waals surface area contributed by atoms with E-state index >= 15 is 0 Å². The van der Waals surface area contributed by atoms with E-state index in [1.165, 1.54) is 23.0 Å². The number of β-lactam (4-membered cyclic amide) rings is 1. The van der Waals surface area contributed by atoms with E-state index in [1.807, 2.05) is 0 Å². The number of thiazole rings is 1. The number of nitro groups is 2. The third-order valence-electron chi connectivity index (χ3n) is 5.61. The van der Waals surface area contributed by atoms with Crippen LogP contribution in [0.3, 0.4) is 0 Å². The highest BCUT2D eigenvalue weighted by molar-refractivity contribution is 8.00. The van der Waals surface area contributed by atoms with E-state index in [-0.39, 0.29) is 28.3 Å². The average molecular weight is 605 g/mol. The Morgan fingerprint density at radius 3 is 2.59 bits per heavy atom. The van der Waals surface area contributed by atoms with Crippen LogP contribution < -0.4 is 5.32 Å². The molecule has 2 aromatic rings. The molecule has 3 N–H and O–H groups in total. The van der Waals surface area contributed by atoms with Crippen molar-refractivity contribution >= 4 is 70.0 Å². The fraction of sp³-hybridized carbons (Fsp3) is 0.182. The number of carbonyl (C=O) groups excluding carboxylic acids is 2. The lowest BCUT2D eigenvalue weighted by Gasteiger charge is -2.49. The van der Waals surface area contributed by atoms with Crippen LogP contribution in [0.15, 0.2) is 51.6 Å². The Balaban J connectivity index is 1.56. The van der Waals surface area contributed by atoms with E-state index < -0.39 is 68.7 Å². The van der Waals surface area contributed by atoms with E-state index in [2.05, 4.69) is 20.3 Å². The highest BCUT2D eigenvalue weighted by Crippen LogP contribution is 2.41. The summed E-state index contributed by atoms with van der Waals surface area (Å²) < 4.78 is 0. The van der Waals surface area contributed by atoms with Crippen LogP contribution in [-0.4, -0.2) is 83.2 Å². The predicted octanol–water partition coefficient (Wildman–Crippen LogP) is 1.22. The first-order valence-electron chi connectivity index (χ1n) is 11.1. The van der Waals surface area contributed by atoms with E-state index in [0.717, 1.165) is 46.2 Å². The number of aromatic nitrogens is 1. The number of benzene rings is 1. The second-order valence-corrected chi connectivity index (χ2v) is 9.94. The number of carboxylic acid groups (broad SMARTS) is 2. The molecule has 1 aromatic heterocycles. The summed E-state index contributed by atoms with van der Waals surface area (Å²) >= 11 is 2.24. The van der Waals surface area contributed by atoms with Crippen molar-refractivity contribution in [1.29, 1.82) is 0 Å². The van der Waals surface area contributed by atoms with Gasteiger partial charge in [-0.1, -0.05) is 11.2 Å². The fourth-order valence-corrected chi connectivity index (χ4v) is 5.66. The monoisotopic (exact) mass is 604 g/mol. The Labute approximate surface area is 236 Å². The van der Waals surface area contributed by atoms with Crippen LogP contribution in [0, 0.1) is 20.2 Å². The van der Waals surface area contributed by atoms with Gasteiger partial charge < -0.3 is 20.4 Å². The molecular weight excluding hydrogens is 588 g/mol. The third-order valence-corrected chi connectivity index (χ3v) is 7.50. The lowest BCUT2D eigenvalue weighted by molar-refractivity contribution is -0.394. The van der Waals surface area contributed by atoms with Crippen molar-refractivity contribution in [3.8, 4) is 0 Å². The number of allylic oxidation sites excluding steroid dienone is 1. The van der Waals surface area contributed by atoms with Gasteiger partial charge in [-0.3, -0.25) is 34.7 Å². The summed E-state index contributed by atoms with van der Waals surface area (Å²) in [4.78, 5) is 79.1.